The van der Waals surface area contributed by atoms with Crippen LogP contribution in [0, 0.1) is 0 Å². The first-order valence-corrected chi connectivity index (χ1v) is 8.75. The topological polar surface area (TPSA) is 58.4 Å². The van der Waals surface area contributed by atoms with Gasteiger partial charge in [0.05, 0.1) is 0 Å². The molecule has 1 saturated heterocycles. The second kappa shape index (κ2) is 6.35. The largest absolute Gasteiger partial charge is 0.340 e. The van der Waals surface area contributed by atoms with Gasteiger partial charge in [0.1, 0.15) is 12.4 Å². The number of rotatable bonds is 3. The fourth-order valence-electron chi connectivity index (χ4n) is 3.86. The Hall–Kier alpha value is -2.63. The van der Waals surface area contributed by atoms with Crippen LogP contribution in [0.15, 0.2) is 36.7 Å². The first-order valence-electron chi connectivity index (χ1n) is 8.75. The third kappa shape index (κ3) is 2.92. The van der Waals surface area contributed by atoms with Gasteiger partial charge in [-0.05, 0) is 24.5 Å². The summed E-state index contributed by atoms with van der Waals surface area (Å²) in [7, 11) is 1.98. The molecule has 1 atom stereocenters. The molecule has 4 rings (SSSR count). The van der Waals surface area contributed by atoms with E-state index in [0.29, 0.717) is 13.1 Å². The van der Waals surface area contributed by atoms with E-state index in [1.807, 2.05) is 47.0 Å². The number of fused-ring (bicyclic) bond motifs is 1. The molecule has 25 heavy (non-hydrogen) atoms. The zero-order valence-corrected chi connectivity index (χ0v) is 14.4. The Morgan fingerprint density at radius 1 is 1.28 bits per heavy atom. The predicted octanol–water partition coefficient (Wildman–Crippen LogP) is 1.43. The van der Waals surface area contributed by atoms with Crippen LogP contribution in [0.3, 0.4) is 0 Å². The number of hydrogen-bond acceptors (Lipinski definition) is 3. The van der Waals surface area contributed by atoms with E-state index in [1.54, 1.807) is 11.1 Å². The standard InChI is InChI=1S/C19H22N4O2/c1-21-11-8-20-18(21)15-7-9-22(12-15)17(24)13-23-10-6-14-4-2-3-5-16(14)19(23)25/h2-5,8,11,15H,6-7,9-10,12-13H2,1H3. The van der Waals surface area contributed by atoms with Gasteiger partial charge in [0.25, 0.3) is 5.91 Å². The van der Waals surface area contributed by atoms with E-state index in [0.717, 1.165) is 36.3 Å². The summed E-state index contributed by atoms with van der Waals surface area (Å²) in [6.07, 6.45) is 5.46. The first kappa shape index (κ1) is 15.9. The van der Waals surface area contributed by atoms with E-state index in [1.165, 1.54) is 0 Å². The maximum atomic E-state index is 12.7. The van der Waals surface area contributed by atoms with Crippen molar-refractivity contribution in [3.05, 3.63) is 53.6 Å². The summed E-state index contributed by atoms with van der Waals surface area (Å²) in [5, 5.41) is 0. The number of aromatic nitrogens is 2. The molecule has 6 heteroatoms. The average Bonchev–Trinajstić information content (AvgIpc) is 3.26. The number of carbonyl (C=O) groups excluding carboxylic acids is 2. The highest BCUT2D eigenvalue weighted by atomic mass is 16.2. The van der Waals surface area contributed by atoms with Crippen molar-refractivity contribution in [2.45, 2.75) is 18.8 Å². The summed E-state index contributed by atoms with van der Waals surface area (Å²) in [6, 6.07) is 7.67. The minimum atomic E-state index is -0.0324. The Morgan fingerprint density at radius 2 is 2.12 bits per heavy atom. The SMILES string of the molecule is Cn1ccnc1C1CCN(C(=O)CN2CCc3ccccc3C2=O)C1. The van der Waals surface area contributed by atoms with Gasteiger partial charge in [-0.2, -0.15) is 0 Å². The number of nitrogens with zero attached hydrogens (tertiary/aromatic N) is 4. The van der Waals surface area contributed by atoms with Crippen LogP contribution in [0.1, 0.15) is 34.1 Å². The summed E-state index contributed by atoms with van der Waals surface area (Å²) in [4.78, 5) is 33.2. The quantitative estimate of drug-likeness (QED) is 0.851. The molecule has 0 radical (unpaired) electrons. The second-order valence-electron chi connectivity index (χ2n) is 6.86. The summed E-state index contributed by atoms with van der Waals surface area (Å²) in [5.74, 6) is 1.31. The highest BCUT2D eigenvalue weighted by Crippen LogP contribution is 2.26. The zero-order chi connectivity index (χ0) is 17.4. The van der Waals surface area contributed by atoms with Gasteiger partial charge in [-0.25, -0.2) is 4.98 Å². The Labute approximate surface area is 147 Å². The van der Waals surface area contributed by atoms with Crippen LogP contribution in [0.25, 0.3) is 0 Å². The second-order valence-corrected chi connectivity index (χ2v) is 6.86. The molecule has 1 aromatic carbocycles. The Bertz CT molecular complexity index is 813. The number of hydrogen-bond donors (Lipinski definition) is 0. The van der Waals surface area contributed by atoms with Crippen LogP contribution >= 0.6 is 0 Å². The minimum absolute atomic E-state index is 0.0319. The van der Waals surface area contributed by atoms with Crippen LogP contribution in [-0.2, 0) is 18.3 Å². The van der Waals surface area contributed by atoms with Gasteiger partial charge in [0.15, 0.2) is 0 Å². The van der Waals surface area contributed by atoms with Crippen molar-refractivity contribution in [2.24, 2.45) is 7.05 Å². The first-order chi connectivity index (χ1) is 12.1. The monoisotopic (exact) mass is 338 g/mol. The molecule has 130 valence electrons. The highest BCUT2D eigenvalue weighted by molar-refractivity contribution is 5.98. The Kier molecular flexibility index (Phi) is 4.03. The van der Waals surface area contributed by atoms with Gasteiger partial charge in [-0.1, -0.05) is 18.2 Å². The molecule has 6 nitrogen and oxygen atoms in total. The number of likely N-dealkylation sites (tertiary alicyclic amines) is 1. The maximum absolute atomic E-state index is 12.7. The molecule has 1 fully saturated rings. The Balaban J connectivity index is 1.40. The number of benzene rings is 1. The van der Waals surface area contributed by atoms with Crippen LogP contribution in [0.2, 0.25) is 0 Å². The summed E-state index contributed by atoms with van der Waals surface area (Å²) < 4.78 is 2.02. The summed E-state index contributed by atoms with van der Waals surface area (Å²) in [6.45, 7) is 2.19. The van der Waals surface area contributed by atoms with Crippen molar-refractivity contribution in [3.63, 3.8) is 0 Å². The third-order valence-corrected chi connectivity index (χ3v) is 5.28. The molecule has 2 aliphatic heterocycles. The maximum Gasteiger partial charge on any atom is 0.254 e. The molecule has 0 bridgehead atoms. The molecule has 3 heterocycles. The number of amides is 2. The molecule has 1 unspecified atom stereocenters. The van der Waals surface area contributed by atoms with Crippen molar-refractivity contribution in [3.8, 4) is 0 Å². The molecule has 0 aliphatic carbocycles. The fraction of sp³-hybridized carbons (Fsp3) is 0.421. The van der Waals surface area contributed by atoms with Gasteiger partial charge in [-0.3, -0.25) is 9.59 Å². The van der Waals surface area contributed by atoms with Crippen molar-refractivity contribution < 1.29 is 9.59 Å². The minimum Gasteiger partial charge on any atom is -0.340 e. The van der Waals surface area contributed by atoms with Crippen molar-refractivity contribution in [1.29, 1.82) is 0 Å². The molecule has 0 spiro atoms. The molecule has 0 N–H and O–H groups in total. The normalized spacial score (nSPS) is 20.0. The number of carbonyl (C=O) groups is 2. The van der Waals surface area contributed by atoms with Crippen molar-refractivity contribution >= 4 is 11.8 Å². The molecule has 2 aliphatic rings. The van der Waals surface area contributed by atoms with Crippen molar-refractivity contribution in [1.82, 2.24) is 19.4 Å². The van der Waals surface area contributed by atoms with Crippen LogP contribution in [-0.4, -0.2) is 57.3 Å². The van der Waals surface area contributed by atoms with Gasteiger partial charge in [-0.15, -0.1) is 0 Å². The average molecular weight is 338 g/mol. The molecule has 0 saturated carbocycles. The van der Waals surface area contributed by atoms with E-state index >= 15 is 0 Å². The molecular formula is C19H22N4O2. The van der Waals surface area contributed by atoms with Crippen LogP contribution in [0.4, 0.5) is 0 Å². The van der Waals surface area contributed by atoms with Gasteiger partial charge < -0.3 is 14.4 Å². The van der Waals surface area contributed by atoms with Crippen molar-refractivity contribution in [2.75, 3.05) is 26.2 Å². The lowest BCUT2D eigenvalue weighted by Crippen LogP contribution is -2.45. The smallest absolute Gasteiger partial charge is 0.254 e. The lowest BCUT2D eigenvalue weighted by molar-refractivity contribution is -0.130. The lowest BCUT2D eigenvalue weighted by atomic mass is 9.99. The van der Waals surface area contributed by atoms with Gasteiger partial charge in [0, 0.05) is 50.6 Å². The van der Waals surface area contributed by atoms with E-state index < -0.39 is 0 Å². The Morgan fingerprint density at radius 3 is 2.92 bits per heavy atom. The predicted molar refractivity (Wildman–Crippen MR) is 93.2 cm³/mol. The summed E-state index contributed by atoms with van der Waals surface area (Å²) in [5.41, 5.74) is 1.81. The number of imidazole rings is 1. The van der Waals surface area contributed by atoms with Crippen LogP contribution < -0.4 is 0 Å². The van der Waals surface area contributed by atoms with E-state index in [2.05, 4.69) is 4.98 Å². The fourth-order valence-corrected chi connectivity index (χ4v) is 3.86. The van der Waals surface area contributed by atoms with Crippen LogP contribution in [0.5, 0.6) is 0 Å². The van der Waals surface area contributed by atoms with Gasteiger partial charge in [0.2, 0.25) is 5.91 Å². The molecule has 2 aromatic rings. The highest BCUT2D eigenvalue weighted by Gasteiger charge is 2.32. The lowest BCUT2D eigenvalue weighted by Gasteiger charge is -2.29. The zero-order valence-electron chi connectivity index (χ0n) is 14.4. The molecule has 1 aromatic heterocycles. The number of aryl methyl sites for hydroxylation is 1. The molecule has 2 amide bonds. The summed E-state index contributed by atoms with van der Waals surface area (Å²) >= 11 is 0. The van der Waals surface area contributed by atoms with E-state index in [4.69, 9.17) is 0 Å². The van der Waals surface area contributed by atoms with E-state index in [-0.39, 0.29) is 24.3 Å². The molecular weight excluding hydrogens is 316 g/mol. The third-order valence-electron chi connectivity index (χ3n) is 5.28. The van der Waals surface area contributed by atoms with Gasteiger partial charge >= 0.3 is 0 Å². The van der Waals surface area contributed by atoms with E-state index in [9.17, 15) is 9.59 Å².